The van der Waals surface area contributed by atoms with Gasteiger partial charge in [0.25, 0.3) is 0 Å². The molecule has 0 heterocycles. The van der Waals surface area contributed by atoms with Gasteiger partial charge in [0.05, 0.1) is 10.8 Å². The smallest absolute Gasteiger partial charge is 0.423 e. The molecule has 82 heavy (non-hydrogen) atoms. The van der Waals surface area contributed by atoms with Gasteiger partial charge >= 0.3 is 7.12 Å². The topological polar surface area (TPSA) is 40.5 Å². The maximum Gasteiger partial charge on any atom is 0.488 e. The number of hydrogen-bond acceptors (Lipinski definition) is 2. The van der Waals surface area contributed by atoms with Gasteiger partial charge in [0, 0.05) is 30.9 Å². The van der Waals surface area contributed by atoms with E-state index in [1.165, 1.54) is 110 Å². The van der Waals surface area contributed by atoms with Crippen molar-refractivity contribution in [2.45, 2.75) is 49.4 Å². The Balaban J connectivity index is 0.000000122. The van der Waals surface area contributed by atoms with Crippen LogP contribution in [0.4, 0.5) is 0 Å². The van der Waals surface area contributed by atoms with Gasteiger partial charge in [-0.1, -0.05) is 285 Å². The van der Waals surface area contributed by atoms with Crippen LogP contribution in [0.1, 0.15) is 94.5 Å². The zero-order valence-electron chi connectivity index (χ0n) is 45.9. The predicted molar refractivity (Wildman–Crippen MR) is 346 cm³/mol. The number of benzene rings is 12. The Hall–Kier alpha value is -7.80. The first-order valence-electron chi connectivity index (χ1n) is 28.0. The Bertz CT molecular complexity index is 4480. The molecule has 0 bridgehead atoms. The van der Waals surface area contributed by atoms with Crippen LogP contribution in [0.25, 0.3) is 54.9 Å². The van der Waals surface area contributed by atoms with Crippen LogP contribution in [-0.4, -0.2) is 17.2 Å². The van der Waals surface area contributed by atoms with Crippen molar-refractivity contribution in [3.05, 3.63) is 336 Å². The van der Waals surface area contributed by atoms with Crippen LogP contribution < -0.4 is 5.46 Å². The molecule has 2 N–H and O–H groups in total. The summed E-state index contributed by atoms with van der Waals surface area (Å²) in [6.45, 7) is 9.47. The van der Waals surface area contributed by atoms with E-state index < -0.39 is 7.12 Å². The molecule has 6 heteroatoms. The van der Waals surface area contributed by atoms with E-state index in [9.17, 15) is 0 Å². The first kappa shape index (κ1) is 52.3. The van der Waals surface area contributed by atoms with Crippen molar-refractivity contribution in [3.8, 4) is 33.4 Å². The molecule has 0 amide bonds. The van der Waals surface area contributed by atoms with Gasteiger partial charge < -0.3 is 10.0 Å². The molecule has 2 spiro atoms. The van der Waals surface area contributed by atoms with Crippen molar-refractivity contribution < 1.29 is 10.0 Å². The minimum Gasteiger partial charge on any atom is -0.423 e. The fourth-order valence-electron chi connectivity index (χ4n) is 14.8. The highest BCUT2D eigenvalue weighted by molar-refractivity contribution is 9.10. The molecule has 16 rings (SSSR count). The van der Waals surface area contributed by atoms with Gasteiger partial charge in [-0.25, -0.2) is 0 Å². The van der Waals surface area contributed by atoms with Crippen LogP contribution in [0.3, 0.4) is 0 Å². The number of rotatable bonds is 2. The number of halogens is 3. The third-order valence-corrected chi connectivity index (χ3v) is 19.5. The maximum absolute atomic E-state index is 8.97. The standard InChI is InChI=1S/C38H27Cl.C28H21Br.C10H8BClO2/c1-37(2)31-13-5-7-15-33(31)38(34-16-8-6-14-32(34)37)30-12-4-3-10-29(30)36-28(11-9-17-35(36)38)26-19-18-25-23-27(39)21-20-24(25)22-26;1-27(2)20-12-5-7-14-22(20)28(23-15-8-6-13-21(23)27)19-11-4-3-10-18(19)26-24(28)16-9-17-25(26)29;12-10-4-2-7-5-9(11(13)14)3-1-8(7)6-10/h3-23H,1-2H3;3-17H,1-2H3;1-6,13-14H. The monoisotopic (exact) mass is 1160 g/mol. The normalized spacial score (nSPS) is 15.0. The van der Waals surface area contributed by atoms with Crippen molar-refractivity contribution in [2.75, 3.05) is 0 Å². The van der Waals surface area contributed by atoms with E-state index in [2.05, 4.69) is 250 Å². The minimum atomic E-state index is -1.42. The molecule has 0 aromatic heterocycles. The zero-order valence-corrected chi connectivity index (χ0v) is 49.0. The highest BCUT2D eigenvalue weighted by atomic mass is 79.9. The van der Waals surface area contributed by atoms with E-state index >= 15 is 0 Å². The molecule has 396 valence electrons. The molecule has 0 fully saturated rings. The summed E-state index contributed by atoms with van der Waals surface area (Å²) in [5.74, 6) is 0. The molecule has 0 saturated heterocycles. The first-order valence-corrected chi connectivity index (χ1v) is 29.6. The molecule has 2 nitrogen and oxygen atoms in total. The summed E-state index contributed by atoms with van der Waals surface area (Å²) >= 11 is 16.0. The average molecular weight is 1160 g/mol. The van der Waals surface area contributed by atoms with Crippen LogP contribution in [0.5, 0.6) is 0 Å². The predicted octanol–water partition coefficient (Wildman–Crippen LogP) is 18.8. The van der Waals surface area contributed by atoms with Gasteiger partial charge in [0.1, 0.15) is 0 Å². The van der Waals surface area contributed by atoms with E-state index in [1.807, 2.05) is 30.3 Å². The lowest BCUT2D eigenvalue weighted by atomic mass is 9.55. The fourth-order valence-corrected chi connectivity index (χ4v) is 15.7. The molecule has 0 aliphatic heterocycles. The molecule has 0 radical (unpaired) electrons. The second kappa shape index (κ2) is 19.7. The number of hydrogen-bond donors (Lipinski definition) is 2. The lowest BCUT2D eigenvalue weighted by molar-refractivity contribution is 0.426. The van der Waals surface area contributed by atoms with E-state index in [1.54, 1.807) is 18.2 Å². The Morgan fingerprint density at radius 3 is 1.13 bits per heavy atom. The van der Waals surface area contributed by atoms with E-state index in [0.717, 1.165) is 21.2 Å². The summed E-state index contributed by atoms with van der Waals surface area (Å²) in [7, 11) is -1.42. The molecule has 4 aliphatic rings. The van der Waals surface area contributed by atoms with Crippen molar-refractivity contribution >= 4 is 73.3 Å². The molecule has 0 saturated carbocycles. The third kappa shape index (κ3) is 7.69. The van der Waals surface area contributed by atoms with Gasteiger partial charge in [-0.15, -0.1) is 0 Å². The van der Waals surface area contributed by atoms with E-state index in [4.69, 9.17) is 33.2 Å². The second-order valence-corrected chi connectivity index (χ2v) is 25.0. The van der Waals surface area contributed by atoms with Crippen molar-refractivity contribution in [1.29, 1.82) is 0 Å². The van der Waals surface area contributed by atoms with Crippen LogP contribution in [0.2, 0.25) is 10.0 Å². The molecule has 4 aliphatic carbocycles. The maximum atomic E-state index is 8.97. The summed E-state index contributed by atoms with van der Waals surface area (Å²) < 4.78 is 1.17. The fraction of sp³-hybridized carbons (Fsp3) is 0.105. The van der Waals surface area contributed by atoms with Crippen LogP contribution in [-0.2, 0) is 21.7 Å². The molecule has 12 aromatic rings. The summed E-state index contributed by atoms with van der Waals surface area (Å²) in [4.78, 5) is 0. The molecule has 0 unspecified atom stereocenters. The van der Waals surface area contributed by atoms with Gasteiger partial charge in [-0.2, -0.15) is 0 Å². The van der Waals surface area contributed by atoms with E-state index in [0.29, 0.717) is 10.5 Å². The Kier molecular flexibility index (Phi) is 12.6. The lowest BCUT2D eigenvalue weighted by Gasteiger charge is -2.46. The SMILES string of the molecule is CC1(C)c2ccccc2C2(c3ccccc3-c3c(-c4ccc5cc(Cl)ccc5c4)cccc32)c2ccccc21.CC1(C)c2ccccc2C2(c3ccccc3-c3c(Br)cccc32)c2ccccc21.OB(O)c1ccc2cc(Cl)ccc2c1. The third-order valence-electron chi connectivity index (χ3n) is 18.3. The van der Waals surface area contributed by atoms with Crippen LogP contribution >= 0.6 is 39.1 Å². The summed E-state index contributed by atoms with van der Waals surface area (Å²) in [5.41, 5.74) is 24.3. The zero-order chi connectivity index (χ0) is 56.3. The van der Waals surface area contributed by atoms with Crippen LogP contribution in [0, 0.1) is 0 Å². The highest BCUT2D eigenvalue weighted by Crippen LogP contribution is 2.65. The van der Waals surface area contributed by atoms with Gasteiger partial charge in [0.15, 0.2) is 0 Å². The molecule has 12 aromatic carbocycles. The molecular formula is C76H56BBrCl2O2. The van der Waals surface area contributed by atoms with Crippen molar-refractivity contribution in [1.82, 2.24) is 0 Å². The van der Waals surface area contributed by atoms with Gasteiger partial charge in [-0.05, 0) is 158 Å². The van der Waals surface area contributed by atoms with Crippen molar-refractivity contribution in [3.63, 3.8) is 0 Å². The Morgan fingerprint density at radius 2 is 0.659 bits per heavy atom. The lowest BCUT2D eigenvalue weighted by Crippen LogP contribution is -2.40. The largest absolute Gasteiger partial charge is 0.488 e. The summed E-state index contributed by atoms with van der Waals surface area (Å²) in [6, 6.07) is 91.5. The highest BCUT2D eigenvalue weighted by Gasteiger charge is 2.55. The quantitative estimate of drug-likeness (QED) is 0.169. The van der Waals surface area contributed by atoms with Gasteiger partial charge in [-0.3, -0.25) is 0 Å². The number of fused-ring (bicyclic) bond motifs is 20. The first-order chi connectivity index (χ1) is 39.7. The van der Waals surface area contributed by atoms with Crippen LogP contribution in [0.15, 0.2) is 259 Å². The molecule has 0 atom stereocenters. The Labute approximate surface area is 498 Å². The summed E-state index contributed by atoms with van der Waals surface area (Å²) in [6.07, 6.45) is 0. The molecular weight excluding hydrogens is 1110 g/mol. The van der Waals surface area contributed by atoms with E-state index in [-0.39, 0.29) is 21.7 Å². The Morgan fingerprint density at radius 1 is 0.317 bits per heavy atom. The minimum absolute atomic E-state index is 0.0395. The average Bonchev–Trinajstić information content (AvgIpc) is 1.61. The second-order valence-electron chi connectivity index (χ2n) is 23.2. The van der Waals surface area contributed by atoms with Crippen molar-refractivity contribution in [2.24, 2.45) is 0 Å². The summed E-state index contributed by atoms with van der Waals surface area (Å²) in [5, 5.41) is 23.7. The van der Waals surface area contributed by atoms with Gasteiger partial charge in [0.2, 0.25) is 0 Å².